The van der Waals surface area contributed by atoms with E-state index in [1.807, 2.05) is 0 Å². The highest BCUT2D eigenvalue weighted by molar-refractivity contribution is 5.94. The van der Waals surface area contributed by atoms with Crippen molar-refractivity contribution >= 4 is 5.91 Å². The molecule has 1 unspecified atom stereocenters. The molecule has 0 saturated heterocycles. The number of amides is 1. The summed E-state index contributed by atoms with van der Waals surface area (Å²) >= 11 is 0. The maximum Gasteiger partial charge on any atom is 0.250 e. The van der Waals surface area contributed by atoms with Gasteiger partial charge in [-0.3, -0.25) is 10.0 Å². The predicted octanol–water partition coefficient (Wildman–Crippen LogP) is 4.92. The molecule has 0 spiro atoms. The van der Waals surface area contributed by atoms with E-state index in [0.717, 1.165) is 17.4 Å². The van der Waals surface area contributed by atoms with E-state index in [2.05, 4.69) is 12.2 Å². The Bertz CT molecular complexity index is 636. The van der Waals surface area contributed by atoms with E-state index < -0.39 is 6.17 Å². The van der Waals surface area contributed by atoms with Gasteiger partial charge in [0.25, 0.3) is 5.91 Å². The fraction of sp³-hybridized carbons (Fsp3) is 0.571. The van der Waals surface area contributed by atoms with Gasteiger partial charge in [-0.15, -0.1) is 0 Å². The number of hydroxylamine groups is 2. The van der Waals surface area contributed by atoms with Gasteiger partial charge in [-0.05, 0) is 42.4 Å². The third-order valence-corrected chi connectivity index (χ3v) is 5.78. The maximum atomic E-state index is 13.1. The molecule has 0 bridgehead atoms. The molecule has 4 nitrogen and oxygen atoms in total. The minimum absolute atomic E-state index is 0.149. The lowest BCUT2D eigenvalue weighted by atomic mass is 9.78. The van der Waals surface area contributed by atoms with Crippen LogP contribution in [0, 0.1) is 17.7 Å². The molecule has 2 aliphatic rings. The summed E-state index contributed by atoms with van der Waals surface area (Å²) in [6.07, 6.45) is 10.3. The van der Waals surface area contributed by atoms with E-state index in [1.54, 1.807) is 12.1 Å². The summed E-state index contributed by atoms with van der Waals surface area (Å²) in [6, 6.07) is 5.78. The number of nitrogens with zero attached hydrogens (tertiary/aromatic N) is 1. The van der Waals surface area contributed by atoms with Gasteiger partial charge in [0.15, 0.2) is 6.17 Å². The van der Waals surface area contributed by atoms with Crippen LogP contribution in [-0.2, 0) is 4.79 Å². The fourth-order valence-electron chi connectivity index (χ4n) is 4.21. The second-order valence-corrected chi connectivity index (χ2v) is 7.68. The van der Waals surface area contributed by atoms with Crippen LogP contribution < -0.4 is 5.32 Å². The van der Waals surface area contributed by atoms with E-state index in [9.17, 15) is 14.4 Å². The van der Waals surface area contributed by atoms with Gasteiger partial charge in [-0.1, -0.05) is 57.6 Å². The maximum absolute atomic E-state index is 13.1. The van der Waals surface area contributed by atoms with Gasteiger partial charge in [-0.25, -0.2) is 9.45 Å². The molecule has 1 aromatic carbocycles. The van der Waals surface area contributed by atoms with Gasteiger partial charge in [0.2, 0.25) is 0 Å². The third-order valence-electron chi connectivity index (χ3n) is 5.78. The molecular formula is C21H29FN2O2. The van der Waals surface area contributed by atoms with Crippen molar-refractivity contribution in [3.8, 4) is 0 Å². The lowest BCUT2D eigenvalue weighted by Crippen LogP contribution is -2.42. The van der Waals surface area contributed by atoms with Crippen LogP contribution >= 0.6 is 0 Å². The summed E-state index contributed by atoms with van der Waals surface area (Å²) in [6.45, 7) is 2.25. The molecule has 1 aliphatic heterocycles. The SMILES string of the molecule is CCCC1CCC(CCC2=CN(O)C(c3ccc(F)cc3)NC2=O)CC1. The highest BCUT2D eigenvalue weighted by Crippen LogP contribution is 2.35. The first-order valence-electron chi connectivity index (χ1n) is 9.81. The van der Waals surface area contributed by atoms with Gasteiger partial charge < -0.3 is 5.32 Å². The summed E-state index contributed by atoms with van der Waals surface area (Å²) < 4.78 is 13.1. The first-order valence-corrected chi connectivity index (χ1v) is 9.81. The highest BCUT2D eigenvalue weighted by Gasteiger charge is 2.28. The number of carbonyl (C=O) groups is 1. The summed E-state index contributed by atoms with van der Waals surface area (Å²) in [5, 5.41) is 14.1. The molecule has 3 rings (SSSR count). The highest BCUT2D eigenvalue weighted by atomic mass is 19.1. The predicted molar refractivity (Wildman–Crippen MR) is 98.6 cm³/mol. The van der Waals surface area contributed by atoms with Crippen molar-refractivity contribution in [1.29, 1.82) is 0 Å². The second kappa shape index (κ2) is 8.67. The topological polar surface area (TPSA) is 52.6 Å². The van der Waals surface area contributed by atoms with Gasteiger partial charge in [-0.2, -0.15) is 0 Å². The van der Waals surface area contributed by atoms with Crippen LogP contribution in [0.2, 0.25) is 0 Å². The zero-order valence-electron chi connectivity index (χ0n) is 15.5. The monoisotopic (exact) mass is 360 g/mol. The lowest BCUT2D eigenvalue weighted by molar-refractivity contribution is -0.135. The van der Waals surface area contributed by atoms with Crippen LogP contribution in [0.3, 0.4) is 0 Å². The Morgan fingerprint density at radius 2 is 1.73 bits per heavy atom. The van der Waals surface area contributed by atoms with Gasteiger partial charge in [0.1, 0.15) is 5.82 Å². The fourth-order valence-corrected chi connectivity index (χ4v) is 4.21. The van der Waals surface area contributed by atoms with Gasteiger partial charge >= 0.3 is 0 Å². The van der Waals surface area contributed by atoms with Gasteiger partial charge in [0.05, 0.1) is 0 Å². The Morgan fingerprint density at radius 1 is 1.12 bits per heavy atom. The Kier molecular flexibility index (Phi) is 6.30. The molecule has 1 heterocycles. The molecule has 1 amide bonds. The largest absolute Gasteiger partial charge is 0.326 e. The molecule has 1 atom stereocenters. The zero-order chi connectivity index (χ0) is 18.5. The number of carbonyl (C=O) groups excluding carboxylic acids is 1. The third kappa shape index (κ3) is 4.64. The van der Waals surface area contributed by atoms with Crippen LogP contribution in [0.5, 0.6) is 0 Å². The molecule has 1 aromatic rings. The quantitative estimate of drug-likeness (QED) is 0.757. The number of rotatable bonds is 6. The van der Waals surface area contributed by atoms with Crippen molar-refractivity contribution < 1.29 is 14.4 Å². The molecular weight excluding hydrogens is 331 g/mol. The van der Waals surface area contributed by atoms with E-state index in [1.165, 1.54) is 56.9 Å². The van der Waals surface area contributed by atoms with E-state index >= 15 is 0 Å². The van der Waals surface area contributed by atoms with Crippen molar-refractivity contribution in [2.24, 2.45) is 11.8 Å². The van der Waals surface area contributed by atoms with Crippen LogP contribution in [0.4, 0.5) is 4.39 Å². The van der Waals surface area contributed by atoms with Crippen LogP contribution in [0.1, 0.15) is 70.0 Å². The van der Waals surface area contributed by atoms with Crippen LogP contribution in [0.25, 0.3) is 0 Å². The second-order valence-electron chi connectivity index (χ2n) is 7.68. The molecule has 142 valence electrons. The lowest BCUT2D eigenvalue weighted by Gasteiger charge is -2.32. The number of hydrogen-bond acceptors (Lipinski definition) is 3. The Labute approximate surface area is 155 Å². The number of benzene rings is 1. The summed E-state index contributed by atoms with van der Waals surface area (Å²) in [5.41, 5.74) is 1.26. The molecule has 0 radical (unpaired) electrons. The van der Waals surface area contributed by atoms with Crippen molar-refractivity contribution in [2.75, 3.05) is 0 Å². The van der Waals surface area contributed by atoms with Crippen LogP contribution in [0.15, 0.2) is 36.0 Å². The standard InChI is InChI=1S/C21H29FN2O2/c1-2-3-15-4-6-16(7-5-15)8-9-18-14-24(26)20(23-21(18)25)17-10-12-19(22)13-11-17/h10-16,20,26H,2-9H2,1H3,(H,23,25). The van der Waals surface area contributed by atoms with Crippen LogP contribution in [-0.4, -0.2) is 16.2 Å². The molecule has 5 heteroatoms. The number of nitrogens with one attached hydrogen (secondary N) is 1. The first-order chi connectivity index (χ1) is 12.6. The molecule has 26 heavy (non-hydrogen) atoms. The van der Waals surface area contributed by atoms with E-state index in [-0.39, 0.29) is 11.7 Å². The number of hydrogen-bond donors (Lipinski definition) is 2. The summed E-state index contributed by atoms with van der Waals surface area (Å²) in [4.78, 5) is 12.4. The number of halogens is 1. The molecule has 1 fully saturated rings. The average molecular weight is 360 g/mol. The smallest absolute Gasteiger partial charge is 0.250 e. The van der Waals surface area contributed by atoms with Crippen molar-refractivity contribution in [3.05, 3.63) is 47.4 Å². The molecule has 1 saturated carbocycles. The molecule has 0 aromatic heterocycles. The first kappa shape index (κ1) is 18.9. The van der Waals surface area contributed by atoms with Crippen molar-refractivity contribution in [1.82, 2.24) is 10.4 Å². The van der Waals surface area contributed by atoms with E-state index in [0.29, 0.717) is 23.5 Å². The Balaban J connectivity index is 1.54. The minimum Gasteiger partial charge on any atom is -0.326 e. The van der Waals surface area contributed by atoms with E-state index in [4.69, 9.17) is 0 Å². The summed E-state index contributed by atoms with van der Waals surface area (Å²) in [7, 11) is 0. The molecule has 1 aliphatic carbocycles. The van der Waals surface area contributed by atoms with Gasteiger partial charge in [0, 0.05) is 11.8 Å². The minimum atomic E-state index is -0.670. The van der Waals surface area contributed by atoms with Crippen molar-refractivity contribution in [2.45, 2.75) is 64.5 Å². The molecule has 2 N–H and O–H groups in total. The Morgan fingerprint density at radius 3 is 2.35 bits per heavy atom. The summed E-state index contributed by atoms with van der Waals surface area (Å²) in [5.74, 6) is 1.08. The zero-order valence-corrected chi connectivity index (χ0v) is 15.5. The normalized spacial score (nSPS) is 26.4. The van der Waals surface area contributed by atoms with Crippen molar-refractivity contribution in [3.63, 3.8) is 0 Å². The average Bonchev–Trinajstić information content (AvgIpc) is 2.64. The Hall–Kier alpha value is -1.88.